The van der Waals surface area contributed by atoms with Crippen LogP contribution in [0.5, 0.6) is 0 Å². The molecule has 4 rings (SSSR count). The predicted molar refractivity (Wildman–Crippen MR) is 141 cm³/mol. The zero-order valence-electron chi connectivity index (χ0n) is 22.5. The van der Waals surface area contributed by atoms with Gasteiger partial charge in [0.25, 0.3) is 5.91 Å². The van der Waals surface area contributed by atoms with Gasteiger partial charge in [0.1, 0.15) is 0 Å². The van der Waals surface area contributed by atoms with Gasteiger partial charge in [-0.15, -0.1) is 0 Å². The number of halogens is 3. The fourth-order valence-electron chi connectivity index (χ4n) is 6.03. The first-order valence-corrected chi connectivity index (χ1v) is 13.4. The summed E-state index contributed by atoms with van der Waals surface area (Å²) in [4.78, 5) is 20.1. The summed E-state index contributed by atoms with van der Waals surface area (Å²) in [6.07, 6.45) is 3.59. The normalized spacial score (nSPS) is 19.3. The van der Waals surface area contributed by atoms with Crippen molar-refractivity contribution in [1.29, 1.82) is 0 Å². The lowest BCUT2D eigenvalue weighted by molar-refractivity contribution is -0.137. The molecular formula is C30H38F3N3O2. The highest BCUT2D eigenvalue weighted by Crippen LogP contribution is 2.41. The molecule has 0 saturated heterocycles. The molecule has 0 spiro atoms. The van der Waals surface area contributed by atoms with Crippen LogP contribution in [0.3, 0.4) is 0 Å². The van der Waals surface area contributed by atoms with E-state index in [1.54, 1.807) is 13.3 Å². The number of aromatic nitrogens is 1. The molecule has 1 N–H and O–H groups in total. The molecule has 5 nitrogen and oxygen atoms in total. The van der Waals surface area contributed by atoms with Gasteiger partial charge in [0.2, 0.25) is 0 Å². The molecule has 1 aromatic heterocycles. The number of carbonyl (C=O) groups is 1. The van der Waals surface area contributed by atoms with E-state index in [1.807, 2.05) is 6.07 Å². The first-order chi connectivity index (χ1) is 18.0. The summed E-state index contributed by atoms with van der Waals surface area (Å²) in [6, 6.07) is 7.27. The van der Waals surface area contributed by atoms with Crippen LogP contribution in [0.2, 0.25) is 0 Å². The maximum absolute atomic E-state index is 13.2. The van der Waals surface area contributed by atoms with Gasteiger partial charge in [-0.3, -0.25) is 14.7 Å². The van der Waals surface area contributed by atoms with Crippen molar-refractivity contribution < 1.29 is 22.7 Å². The Kier molecular flexibility index (Phi) is 8.50. The van der Waals surface area contributed by atoms with Crippen molar-refractivity contribution in [2.75, 3.05) is 13.7 Å². The van der Waals surface area contributed by atoms with E-state index in [2.05, 4.69) is 30.6 Å². The van der Waals surface area contributed by atoms with E-state index >= 15 is 0 Å². The Morgan fingerprint density at radius 1 is 1.21 bits per heavy atom. The molecule has 1 aliphatic carbocycles. The Balaban J connectivity index is 1.46. The number of pyridine rings is 1. The lowest BCUT2D eigenvalue weighted by Crippen LogP contribution is -2.39. The summed E-state index contributed by atoms with van der Waals surface area (Å²) >= 11 is 0. The Bertz CT molecular complexity index is 1140. The van der Waals surface area contributed by atoms with Gasteiger partial charge in [-0.1, -0.05) is 51.8 Å². The zero-order valence-corrected chi connectivity index (χ0v) is 22.5. The maximum Gasteiger partial charge on any atom is 0.416 e. The van der Waals surface area contributed by atoms with Crippen LogP contribution >= 0.6 is 0 Å². The van der Waals surface area contributed by atoms with Crippen LogP contribution in [0.15, 0.2) is 48.9 Å². The lowest BCUT2D eigenvalue weighted by atomic mass is 9.71. The third kappa shape index (κ3) is 6.40. The van der Waals surface area contributed by atoms with Gasteiger partial charge in [0.05, 0.1) is 35.7 Å². The molecule has 1 atom stereocenters. The predicted octanol–water partition coefficient (Wildman–Crippen LogP) is 7.04. The van der Waals surface area contributed by atoms with E-state index in [-0.39, 0.29) is 23.3 Å². The quantitative estimate of drug-likeness (QED) is 0.354. The van der Waals surface area contributed by atoms with Gasteiger partial charge in [0.15, 0.2) is 0 Å². The highest BCUT2D eigenvalue weighted by Gasteiger charge is 2.36. The van der Waals surface area contributed by atoms with Gasteiger partial charge in [-0.2, -0.15) is 13.2 Å². The van der Waals surface area contributed by atoms with Crippen molar-refractivity contribution >= 4 is 5.91 Å². The standard InChI is InChI=1S/C30H38F3N3O2/c1-20(2)27-26-24(18-36(27)17-22-8-10-25(11-9-22)30(31,32)33)14-23(16-34-26)28(37)35-19-29(15-21(3)38-4)12-6-5-7-13-29/h8-11,14,16,20,27H,3,5-7,12-13,15,17-19H2,1-2,4H3,(H,35,37)/t27-/m0/s1. The number of hydrogen-bond acceptors (Lipinski definition) is 4. The molecule has 2 aliphatic rings. The van der Waals surface area contributed by atoms with Crippen molar-refractivity contribution in [2.45, 2.75) is 77.7 Å². The molecule has 0 radical (unpaired) electrons. The second-order valence-corrected chi connectivity index (χ2v) is 11.2. The van der Waals surface area contributed by atoms with Gasteiger partial charge in [-0.25, -0.2) is 0 Å². The number of nitrogens with zero attached hydrogens (tertiary/aromatic N) is 2. The number of nitrogens with one attached hydrogen (secondary N) is 1. The van der Waals surface area contributed by atoms with Gasteiger partial charge >= 0.3 is 6.18 Å². The minimum Gasteiger partial charge on any atom is -0.502 e. The Morgan fingerprint density at radius 3 is 2.50 bits per heavy atom. The number of ether oxygens (including phenoxy) is 1. The monoisotopic (exact) mass is 529 g/mol. The maximum atomic E-state index is 13.2. The number of rotatable bonds is 9. The average molecular weight is 530 g/mol. The van der Waals surface area contributed by atoms with Gasteiger partial charge in [-0.05, 0) is 53.5 Å². The van der Waals surface area contributed by atoms with E-state index in [0.717, 1.165) is 66.8 Å². The molecule has 1 aliphatic heterocycles. The molecular weight excluding hydrogens is 491 g/mol. The molecule has 2 aromatic rings. The van der Waals surface area contributed by atoms with Crippen molar-refractivity contribution in [3.05, 3.63) is 76.8 Å². The molecule has 8 heteroatoms. The number of carbonyl (C=O) groups excluding carboxylic acids is 1. The fraction of sp³-hybridized carbons (Fsp3) is 0.533. The molecule has 1 aromatic carbocycles. The molecule has 38 heavy (non-hydrogen) atoms. The van der Waals surface area contributed by atoms with Crippen LogP contribution in [-0.4, -0.2) is 29.4 Å². The average Bonchev–Trinajstić information content (AvgIpc) is 3.24. The van der Waals surface area contributed by atoms with Crippen molar-refractivity contribution in [2.24, 2.45) is 11.3 Å². The van der Waals surface area contributed by atoms with Crippen LogP contribution in [-0.2, 0) is 24.0 Å². The Hall–Kier alpha value is -2.87. The van der Waals surface area contributed by atoms with Crippen LogP contribution in [0.4, 0.5) is 13.2 Å². The summed E-state index contributed by atoms with van der Waals surface area (Å²) in [7, 11) is 1.64. The molecule has 1 fully saturated rings. The number of methoxy groups -OCH3 is 1. The fourth-order valence-corrected chi connectivity index (χ4v) is 6.03. The molecule has 2 heterocycles. The number of hydrogen-bond donors (Lipinski definition) is 1. The first-order valence-electron chi connectivity index (χ1n) is 13.4. The number of allylic oxidation sites excluding steroid dienone is 1. The second-order valence-electron chi connectivity index (χ2n) is 11.2. The first kappa shape index (κ1) is 28.1. The van der Waals surface area contributed by atoms with Crippen LogP contribution in [0.25, 0.3) is 0 Å². The van der Waals surface area contributed by atoms with E-state index in [4.69, 9.17) is 9.72 Å². The third-order valence-corrected chi connectivity index (χ3v) is 8.01. The summed E-state index contributed by atoms with van der Waals surface area (Å²) < 4.78 is 44.3. The smallest absolute Gasteiger partial charge is 0.416 e. The van der Waals surface area contributed by atoms with Gasteiger partial charge in [0, 0.05) is 32.3 Å². The number of alkyl halides is 3. The molecule has 206 valence electrons. The van der Waals surface area contributed by atoms with E-state index in [0.29, 0.717) is 25.2 Å². The summed E-state index contributed by atoms with van der Waals surface area (Å²) in [5, 5.41) is 3.15. The van der Waals surface area contributed by atoms with Crippen LogP contribution < -0.4 is 5.32 Å². The van der Waals surface area contributed by atoms with E-state index in [1.165, 1.54) is 18.6 Å². The Morgan fingerprint density at radius 2 is 1.89 bits per heavy atom. The largest absolute Gasteiger partial charge is 0.502 e. The van der Waals surface area contributed by atoms with E-state index in [9.17, 15) is 18.0 Å². The molecule has 1 saturated carbocycles. The lowest BCUT2D eigenvalue weighted by Gasteiger charge is -2.37. The van der Waals surface area contributed by atoms with Crippen molar-refractivity contribution in [3.63, 3.8) is 0 Å². The summed E-state index contributed by atoms with van der Waals surface area (Å²) in [5.74, 6) is 0.849. The zero-order chi connectivity index (χ0) is 27.5. The highest BCUT2D eigenvalue weighted by atomic mass is 19.4. The SMILES string of the molecule is C=C(CC1(CNC(=O)c2cnc3c(c2)CN(Cc2ccc(C(F)(F)F)cc2)[C@H]3C(C)C)CCCCC1)OC. The van der Waals surface area contributed by atoms with E-state index < -0.39 is 11.7 Å². The second kappa shape index (κ2) is 11.5. The minimum atomic E-state index is -4.35. The van der Waals surface area contributed by atoms with Crippen LogP contribution in [0, 0.1) is 11.3 Å². The number of fused-ring (bicyclic) bond motifs is 1. The molecule has 1 amide bonds. The summed E-state index contributed by atoms with van der Waals surface area (Å²) in [5.41, 5.74) is 2.58. The Labute approximate surface area is 223 Å². The molecule has 0 bridgehead atoms. The van der Waals surface area contributed by atoms with Gasteiger partial charge < -0.3 is 10.1 Å². The highest BCUT2D eigenvalue weighted by molar-refractivity contribution is 5.94. The topological polar surface area (TPSA) is 54.5 Å². The van der Waals surface area contributed by atoms with Crippen molar-refractivity contribution in [1.82, 2.24) is 15.2 Å². The third-order valence-electron chi connectivity index (χ3n) is 8.01. The number of benzene rings is 1. The summed E-state index contributed by atoms with van der Waals surface area (Å²) in [6.45, 7) is 9.89. The number of amides is 1. The minimum absolute atomic E-state index is 0.0231. The van der Waals surface area contributed by atoms with Crippen molar-refractivity contribution in [3.8, 4) is 0 Å². The van der Waals surface area contributed by atoms with Crippen LogP contribution in [0.1, 0.15) is 91.2 Å². The molecule has 0 unspecified atom stereocenters.